The van der Waals surface area contributed by atoms with Gasteiger partial charge in [0.1, 0.15) is 23.1 Å². The highest BCUT2D eigenvalue weighted by Crippen LogP contribution is 2.49. The van der Waals surface area contributed by atoms with Crippen LogP contribution in [-0.2, 0) is 9.47 Å². The highest BCUT2D eigenvalue weighted by molar-refractivity contribution is 5.98. The number of rotatable bonds is 5. The van der Waals surface area contributed by atoms with Crippen molar-refractivity contribution >= 4 is 17.6 Å². The van der Waals surface area contributed by atoms with Crippen LogP contribution in [0.4, 0.5) is 0 Å². The fourth-order valence-corrected chi connectivity index (χ4v) is 4.94. The first-order chi connectivity index (χ1) is 15.8. The molecular weight excluding hydrogens is 420 g/mol. The molecule has 3 aliphatic rings. The smallest absolute Gasteiger partial charge is 0.282 e. The van der Waals surface area contributed by atoms with Gasteiger partial charge in [-0.1, -0.05) is 6.92 Å². The zero-order chi connectivity index (χ0) is 23.6. The molecule has 2 unspecified atom stereocenters. The van der Waals surface area contributed by atoms with E-state index in [1.165, 1.54) is 12.6 Å². The third-order valence-electron chi connectivity index (χ3n) is 6.93. The molecular formula is C24H30N6O3. The number of aromatic nitrogens is 1. The number of nitrogens with two attached hydrogens (primary N) is 1. The van der Waals surface area contributed by atoms with Gasteiger partial charge in [0.15, 0.2) is 0 Å². The van der Waals surface area contributed by atoms with Crippen molar-refractivity contribution in [2.45, 2.75) is 64.0 Å². The van der Waals surface area contributed by atoms with E-state index in [0.29, 0.717) is 36.6 Å². The monoisotopic (exact) mass is 450 g/mol. The van der Waals surface area contributed by atoms with Crippen LogP contribution in [0.15, 0.2) is 34.1 Å². The average molecular weight is 451 g/mol. The predicted molar refractivity (Wildman–Crippen MR) is 124 cm³/mol. The number of aryl methyl sites for hydroxylation is 1. The van der Waals surface area contributed by atoms with Gasteiger partial charge >= 0.3 is 0 Å². The van der Waals surface area contributed by atoms with Gasteiger partial charge in [0.25, 0.3) is 11.9 Å². The Morgan fingerprint density at radius 3 is 2.88 bits per heavy atom. The number of amides is 1. The van der Waals surface area contributed by atoms with Crippen LogP contribution in [-0.4, -0.2) is 47.0 Å². The van der Waals surface area contributed by atoms with Gasteiger partial charge in [0, 0.05) is 12.1 Å². The van der Waals surface area contributed by atoms with Crippen molar-refractivity contribution in [2.24, 2.45) is 21.6 Å². The lowest BCUT2D eigenvalue weighted by Gasteiger charge is -2.54. The van der Waals surface area contributed by atoms with Gasteiger partial charge in [0.2, 0.25) is 0 Å². The summed E-state index contributed by atoms with van der Waals surface area (Å²) < 4.78 is 12.0. The maximum absolute atomic E-state index is 12.9. The fourth-order valence-electron chi connectivity index (χ4n) is 4.94. The molecule has 1 saturated heterocycles. The summed E-state index contributed by atoms with van der Waals surface area (Å²) in [7, 11) is 0. The Morgan fingerprint density at radius 2 is 2.27 bits per heavy atom. The number of amidine groups is 1. The lowest BCUT2D eigenvalue weighted by molar-refractivity contribution is -0.167. The highest BCUT2D eigenvalue weighted by atomic mass is 16.5. The molecule has 0 aromatic carbocycles. The molecule has 1 aromatic rings. The van der Waals surface area contributed by atoms with Crippen molar-refractivity contribution in [1.82, 2.24) is 10.3 Å². The molecule has 1 saturated carbocycles. The first-order valence-corrected chi connectivity index (χ1v) is 11.4. The van der Waals surface area contributed by atoms with Crippen LogP contribution in [0.2, 0.25) is 0 Å². The maximum atomic E-state index is 12.9. The number of pyridine rings is 1. The molecule has 3 heterocycles. The lowest BCUT2D eigenvalue weighted by atomic mass is 9.65. The van der Waals surface area contributed by atoms with Gasteiger partial charge in [-0.15, -0.1) is 0 Å². The lowest BCUT2D eigenvalue weighted by Crippen LogP contribution is -2.63. The van der Waals surface area contributed by atoms with Crippen LogP contribution < -0.4 is 11.1 Å². The van der Waals surface area contributed by atoms with Gasteiger partial charge in [-0.05, 0) is 63.7 Å². The van der Waals surface area contributed by atoms with E-state index in [4.69, 9.17) is 30.5 Å². The normalized spacial score (nSPS) is 26.4. The van der Waals surface area contributed by atoms with E-state index in [2.05, 4.69) is 10.3 Å². The number of nitriles is 1. The van der Waals surface area contributed by atoms with E-state index in [1.807, 2.05) is 19.9 Å². The number of carbonyl (C=O) groups excluding carboxylic acids is 1. The van der Waals surface area contributed by atoms with Crippen LogP contribution in [0.25, 0.3) is 0 Å². The number of aliphatic imine (C=N–C) groups is 2. The molecule has 9 heteroatoms. The molecule has 2 fully saturated rings. The third kappa shape index (κ3) is 4.23. The Balaban J connectivity index is 1.61. The summed E-state index contributed by atoms with van der Waals surface area (Å²) in [4.78, 5) is 26.6. The number of ether oxygens (including phenoxy) is 2. The molecule has 1 aliphatic carbocycles. The Kier molecular flexibility index (Phi) is 6.21. The summed E-state index contributed by atoms with van der Waals surface area (Å²) in [6.07, 6.45) is 7.89. The number of allylic oxidation sites excluding steroid dienone is 1. The fraction of sp³-hybridized carbons (Fsp3) is 0.542. The van der Waals surface area contributed by atoms with Crippen LogP contribution in [0.5, 0.6) is 0 Å². The van der Waals surface area contributed by atoms with Gasteiger partial charge in [0.05, 0.1) is 30.1 Å². The molecule has 33 heavy (non-hydrogen) atoms. The average Bonchev–Trinajstić information content (AvgIpc) is 2.79. The van der Waals surface area contributed by atoms with Gasteiger partial charge in [-0.25, -0.2) is 15.0 Å². The van der Waals surface area contributed by atoms with Crippen molar-refractivity contribution in [2.75, 3.05) is 13.2 Å². The summed E-state index contributed by atoms with van der Waals surface area (Å²) in [6.45, 7) is 6.45. The SMILES string of the molecule is C/C=C(\N=C(/CC)C12COC3(CCC3)CC1COC(N)=N2)NC(=O)c1ncc(C#N)cc1C. The van der Waals surface area contributed by atoms with Crippen molar-refractivity contribution in [3.63, 3.8) is 0 Å². The summed E-state index contributed by atoms with van der Waals surface area (Å²) in [5.41, 5.74) is 7.28. The van der Waals surface area contributed by atoms with Crippen LogP contribution >= 0.6 is 0 Å². The van der Waals surface area contributed by atoms with E-state index < -0.39 is 5.54 Å². The van der Waals surface area contributed by atoms with Gasteiger partial charge < -0.3 is 20.5 Å². The summed E-state index contributed by atoms with van der Waals surface area (Å²) in [5, 5.41) is 11.9. The number of carbonyl (C=O) groups is 1. The summed E-state index contributed by atoms with van der Waals surface area (Å²) >= 11 is 0. The molecule has 174 valence electrons. The van der Waals surface area contributed by atoms with Crippen LogP contribution in [0, 0.1) is 24.2 Å². The van der Waals surface area contributed by atoms with E-state index >= 15 is 0 Å². The molecule has 1 aromatic heterocycles. The molecule has 3 N–H and O–H groups in total. The second-order valence-electron chi connectivity index (χ2n) is 8.95. The van der Waals surface area contributed by atoms with Crippen molar-refractivity contribution in [3.8, 4) is 6.07 Å². The minimum absolute atomic E-state index is 0.0750. The van der Waals surface area contributed by atoms with Crippen molar-refractivity contribution in [1.29, 1.82) is 5.26 Å². The molecule has 0 bridgehead atoms. The molecule has 1 amide bonds. The third-order valence-corrected chi connectivity index (χ3v) is 6.93. The molecule has 2 atom stereocenters. The number of hydrogen-bond donors (Lipinski definition) is 2. The standard InChI is InChI=1S/C24H30N6O3/c1-4-18(24-14-33-23(7-6-8-23)10-17(24)13-32-22(26)30-24)28-19(5-2)29-21(31)20-15(3)9-16(11-25)12-27-20/h5,9,12,17H,4,6-8,10,13-14H2,1-3H3,(H2,26,30)(H,29,31)/b19-5+,28-18+. The second kappa shape index (κ2) is 8.94. The summed E-state index contributed by atoms with van der Waals surface area (Å²) in [5.74, 6) is 0.121. The Labute approximate surface area is 193 Å². The number of nitrogens with zero attached hydrogens (tertiary/aromatic N) is 4. The first-order valence-electron chi connectivity index (χ1n) is 11.4. The molecule has 1 spiro atoms. The molecule has 0 radical (unpaired) electrons. The number of nitrogens with one attached hydrogen (secondary N) is 1. The van der Waals surface area contributed by atoms with Gasteiger partial charge in [-0.2, -0.15) is 5.26 Å². The maximum Gasteiger partial charge on any atom is 0.282 e. The van der Waals surface area contributed by atoms with Crippen LogP contribution in [0.3, 0.4) is 0 Å². The molecule has 4 rings (SSSR count). The zero-order valence-electron chi connectivity index (χ0n) is 19.4. The summed E-state index contributed by atoms with van der Waals surface area (Å²) in [6, 6.07) is 3.81. The zero-order valence-corrected chi connectivity index (χ0v) is 19.4. The predicted octanol–water partition coefficient (Wildman–Crippen LogP) is 2.75. The molecule has 2 aliphatic heterocycles. The number of fused-ring (bicyclic) bond motifs is 1. The van der Waals surface area contributed by atoms with Gasteiger partial charge in [-0.3, -0.25) is 4.79 Å². The van der Waals surface area contributed by atoms with Crippen LogP contribution in [0.1, 0.15) is 67.6 Å². The second-order valence-corrected chi connectivity index (χ2v) is 8.95. The quantitative estimate of drug-likeness (QED) is 0.662. The minimum Gasteiger partial charge on any atom is -0.465 e. The Morgan fingerprint density at radius 1 is 1.48 bits per heavy atom. The van der Waals surface area contributed by atoms with E-state index in [1.54, 1.807) is 19.1 Å². The molecule has 9 nitrogen and oxygen atoms in total. The first kappa shape index (κ1) is 22.9. The minimum atomic E-state index is -0.709. The Hall–Kier alpha value is -3.25. The van der Waals surface area contributed by atoms with Crippen molar-refractivity contribution < 1.29 is 14.3 Å². The van der Waals surface area contributed by atoms with Crippen molar-refractivity contribution in [3.05, 3.63) is 41.0 Å². The Bertz CT molecular complexity index is 1080. The van der Waals surface area contributed by atoms with E-state index in [9.17, 15) is 4.79 Å². The highest BCUT2D eigenvalue weighted by Gasteiger charge is 2.56. The van der Waals surface area contributed by atoms with E-state index in [-0.39, 0.29) is 29.1 Å². The van der Waals surface area contributed by atoms with E-state index in [0.717, 1.165) is 25.0 Å². The largest absolute Gasteiger partial charge is 0.465 e. The topological polar surface area (TPSA) is 135 Å². The number of hydrogen-bond acceptors (Lipinski definition) is 8.